The Balaban J connectivity index is 1.85. The molecule has 1 N–H and O–H groups in total. The van der Waals surface area contributed by atoms with Crippen LogP contribution in [0.5, 0.6) is 0 Å². The van der Waals surface area contributed by atoms with Crippen LogP contribution in [0, 0.1) is 5.82 Å². The van der Waals surface area contributed by atoms with Gasteiger partial charge in [-0.2, -0.15) is 0 Å². The maximum atomic E-state index is 13.2. The van der Waals surface area contributed by atoms with Crippen molar-refractivity contribution < 1.29 is 17.6 Å². The molecule has 0 bridgehead atoms. The molecule has 0 saturated carbocycles. The highest BCUT2D eigenvalue weighted by Gasteiger charge is 2.22. The minimum Gasteiger partial charge on any atom is -0.339 e. The van der Waals surface area contributed by atoms with E-state index in [1.54, 1.807) is 11.0 Å². The predicted octanol–water partition coefficient (Wildman–Crippen LogP) is 2.86. The Hall–Kier alpha value is -2.41. The van der Waals surface area contributed by atoms with Crippen molar-refractivity contribution in [2.75, 3.05) is 17.8 Å². The summed E-state index contributed by atoms with van der Waals surface area (Å²) in [4.78, 5) is 14.1. The van der Waals surface area contributed by atoms with Gasteiger partial charge in [0.05, 0.1) is 10.6 Å². The third kappa shape index (κ3) is 3.56. The third-order valence-corrected chi connectivity index (χ3v) is 5.24. The van der Waals surface area contributed by atoms with E-state index < -0.39 is 15.8 Å². The van der Waals surface area contributed by atoms with Gasteiger partial charge < -0.3 is 4.90 Å². The molecule has 0 aromatic heterocycles. The molecule has 2 aromatic carbocycles. The van der Waals surface area contributed by atoms with Crippen LogP contribution in [0.4, 0.5) is 10.1 Å². The number of rotatable bonds is 4. The number of benzene rings is 2. The van der Waals surface area contributed by atoms with Crippen LogP contribution in [0.1, 0.15) is 23.2 Å². The molecule has 1 aliphatic rings. The second-order valence-corrected chi connectivity index (χ2v) is 7.33. The van der Waals surface area contributed by atoms with Crippen LogP contribution in [0.2, 0.25) is 0 Å². The van der Waals surface area contributed by atoms with Gasteiger partial charge in [-0.25, -0.2) is 12.8 Å². The summed E-state index contributed by atoms with van der Waals surface area (Å²) in [6, 6.07) is 11.1. The van der Waals surface area contributed by atoms with Crippen LogP contribution in [-0.4, -0.2) is 32.3 Å². The lowest BCUT2D eigenvalue weighted by atomic mass is 10.2. The van der Waals surface area contributed by atoms with E-state index in [9.17, 15) is 17.6 Å². The molecule has 0 aliphatic carbocycles. The summed E-state index contributed by atoms with van der Waals surface area (Å²) in [5.41, 5.74) is 0.463. The Morgan fingerprint density at radius 3 is 2.46 bits per heavy atom. The fourth-order valence-electron chi connectivity index (χ4n) is 2.67. The minimum absolute atomic E-state index is 0.0307. The molecule has 1 amide bonds. The van der Waals surface area contributed by atoms with Gasteiger partial charge in [-0.15, -0.1) is 0 Å². The van der Waals surface area contributed by atoms with Crippen LogP contribution in [-0.2, 0) is 10.0 Å². The zero-order valence-corrected chi connectivity index (χ0v) is 13.7. The van der Waals surface area contributed by atoms with Gasteiger partial charge in [0, 0.05) is 18.7 Å². The lowest BCUT2D eigenvalue weighted by molar-refractivity contribution is 0.0792. The topological polar surface area (TPSA) is 66.5 Å². The molecule has 1 heterocycles. The van der Waals surface area contributed by atoms with Gasteiger partial charge in [0.2, 0.25) is 0 Å². The Morgan fingerprint density at radius 1 is 1.04 bits per heavy atom. The molecule has 0 unspecified atom stereocenters. The quantitative estimate of drug-likeness (QED) is 0.924. The third-order valence-electron chi connectivity index (χ3n) is 3.86. The van der Waals surface area contributed by atoms with E-state index >= 15 is 0 Å². The van der Waals surface area contributed by atoms with E-state index in [0.29, 0.717) is 18.7 Å². The Labute approximate surface area is 140 Å². The number of sulfonamides is 1. The molecule has 1 aliphatic heterocycles. The SMILES string of the molecule is O=C(c1cccc(S(=O)(=O)Nc2cccc(F)c2)c1)N1CCCC1. The number of likely N-dealkylation sites (tertiary alicyclic amines) is 1. The van der Waals surface area contributed by atoms with Crippen molar-refractivity contribution in [3.63, 3.8) is 0 Å². The predicted molar refractivity (Wildman–Crippen MR) is 88.8 cm³/mol. The Morgan fingerprint density at radius 2 is 1.75 bits per heavy atom. The average Bonchev–Trinajstić information content (AvgIpc) is 3.08. The van der Waals surface area contributed by atoms with Gasteiger partial charge >= 0.3 is 0 Å². The fourth-order valence-corrected chi connectivity index (χ4v) is 3.76. The lowest BCUT2D eigenvalue weighted by Crippen LogP contribution is -2.27. The van der Waals surface area contributed by atoms with Gasteiger partial charge in [-0.3, -0.25) is 9.52 Å². The number of hydrogen-bond acceptors (Lipinski definition) is 3. The monoisotopic (exact) mass is 348 g/mol. The first kappa shape index (κ1) is 16.4. The molecule has 126 valence electrons. The maximum Gasteiger partial charge on any atom is 0.261 e. The van der Waals surface area contributed by atoms with E-state index in [2.05, 4.69) is 4.72 Å². The zero-order chi connectivity index (χ0) is 17.2. The van der Waals surface area contributed by atoms with Crippen molar-refractivity contribution in [1.82, 2.24) is 4.90 Å². The first-order valence-corrected chi connectivity index (χ1v) is 9.12. The highest BCUT2D eigenvalue weighted by atomic mass is 32.2. The molecule has 0 atom stereocenters. The molecule has 0 spiro atoms. The molecular formula is C17H17FN2O3S. The van der Waals surface area contributed by atoms with Gasteiger partial charge in [-0.05, 0) is 49.2 Å². The highest BCUT2D eigenvalue weighted by Crippen LogP contribution is 2.19. The molecule has 3 rings (SSSR count). The maximum absolute atomic E-state index is 13.2. The first-order chi connectivity index (χ1) is 11.5. The molecule has 7 heteroatoms. The second-order valence-electron chi connectivity index (χ2n) is 5.64. The lowest BCUT2D eigenvalue weighted by Gasteiger charge is -2.16. The Bertz CT molecular complexity index is 862. The summed E-state index contributed by atoms with van der Waals surface area (Å²) >= 11 is 0. The molecule has 0 radical (unpaired) electrons. The first-order valence-electron chi connectivity index (χ1n) is 7.63. The number of carbonyl (C=O) groups is 1. The van der Waals surface area contributed by atoms with Gasteiger partial charge in [0.1, 0.15) is 5.82 Å². The van der Waals surface area contributed by atoms with E-state index in [4.69, 9.17) is 0 Å². The number of carbonyl (C=O) groups excluding carboxylic acids is 1. The highest BCUT2D eigenvalue weighted by molar-refractivity contribution is 7.92. The van der Waals surface area contributed by atoms with E-state index in [1.807, 2.05) is 0 Å². The molecular weight excluding hydrogens is 331 g/mol. The number of anilines is 1. The number of nitrogens with zero attached hydrogens (tertiary/aromatic N) is 1. The van der Waals surface area contributed by atoms with Gasteiger partial charge in [-0.1, -0.05) is 12.1 Å². The Kier molecular flexibility index (Phi) is 4.53. The second kappa shape index (κ2) is 6.60. The summed E-state index contributed by atoms with van der Waals surface area (Å²) in [5, 5.41) is 0. The fraction of sp³-hybridized carbons (Fsp3) is 0.235. The molecule has 2 aromatic rings. The van der Waals surface area contributed by atoms with Crippen LogP contribution in [0.15, 0.2) is 53.4 Å². The van der Waals surface area contributed by atoms with Crippen molar-refractivity contribution in [2.24, 2.45) is 0 Å². The van der Waals surface area contributed by atoms with Crippen LogP contribution in [0.25, 0.3) is 0 Å². The molecule has 5 nitrogen and oxygen atoms in total. The average molecular weight is 348 g/mol. The summed E-state index contributed by atoms with van der Waals surface area (Å²) in [6.07, 6.45) is 1.93. The van der Waals surface area contributed by atoms with Crippen molar-refractivity contribution in [1.29, 1.82) is 0 Å². The number of halogens is 1. The normalized spacial score (nSPS) is 14.6. The number of hydrogen-bond donors (Lipinski definition) is 1. The largest absolute Gasteiger partial charge is 0.339 e. The number of nitrogens with one attached hydrogen (secondary N) is 1. The molecule has 24 heavy (non-hydrogen) atoms. The summed E-state index contributed by atoms with van der Waals surface area (Å²) < 4.78 is 40.4. The summed E-state index contributed by atoms with van der Waals surface area (Å²) in [5.74, 6) is -0.705. The summed E-state index contributed by atoms with van der Waals surface area (Å²) in [7, 11) is -3.90. The zero-order valence-electron chi connectivity index (χ0n) is 12.9. The van der Waals surface area contributed by atoms with Crippen molar-refractivity contribution in [2.45, 2.75) is 17.7 Å². The van der Waals surface area contributed by atoms with Gasteiger partial charge in [0.25, 0.3) is 15.9 Å². The van der Waals surface area contributed by atoms with E-state index in [1.165, 1.54) is 36.4 Å². The van der Waals surface area contributed by atoms with E-state index in [0.717, 1.165) is 18.9 Å². The van der Waals surface area contributed by atoms with Gasteiger partial charge in [0.15, 0.2) is 0 Å². The van der Waals surface area contributed by atoms with Crippen molar-refractivity contribution >= 4 is 21.6 Å². The van der Waals surface area contributed by atoms with Crippen LogP contribution >= 0.6 is 0 Å². The van der Waals surface area contributed by atoms with E-state index in [-0.39, 0.29) is 16.5 Å². The van der Waals surface area contributed by atoms with Crippen LogP contribution in [0.3, 0.4) is 0 Å². The standard InChI is InChI=1S/C17H17FN2O3S/c18-14-6-4-7-15(12-14)19-24(22,23)16-8-3-5-13(11-16)17(21)20-9-1-2-10-20/h3-8,11-12,19H,1-2,9-10H2. The van der Waals surface area contributed by atoms with Crippen molar-refractivity contribution in [3.05, 3.63) is 59.9 Å². The van der Waals surface area contributed by atoms with Crippen LogP contribution < -0.4 is 4.72 Å². The smallest absolute Gasteiger partial charge is 0.261 e. The number of amides is 1. The minimum atomic E-state index is -3.90. The molecule has 1 fully saturated rings. The summed E-state index contributed by atoms with van der Waals surface area (Å²) in [6.45, 7) is 1.38. The van der Waals surface area contributed by atoms with Crippen molar-refractivity contribution in [3.8, 4) is 0 Å². The molecule has 1 saturated heterocycles.